The standard InChI is InChI=1S/C33H21F6N3O3S/c34-32(35,36)30-27(22-16-17-28-26(20-22)29(18-19-40-28)45-46(43,44)33(37,38)39)21-42(41-30)31(23-10-4-1-5-11-23,24-12-6-2-7-13-24)25-14-8-3-9-15-25/h1-21H. The molecule has 0 spiro atoms. The van der Waals surface area contributed by atoms with Crippen LogP contribution in [0.2, 0.25) is 0 Å². The Labute approximate surface area is 258 Å². The Morgan fingerprint density at radius 2 is 1.20 bits per heavy atom. The van der Waals surface area contributed by atoms with E-state index >= 15 is 0 Å². The van der Waals surface area contributed by atoms with Crippen molar-refractivity contribution in [2.24, 2.45) is 0 Å². The van der Waals surface area contributed by atoms with Crippen LogP contribution in [0.15, 0.2) is 128 Å². The number of benzene rings is 4. The lowest BCUT2D eigenvalue weighted by atomic mass is 9.77. The molecule has 13 heteroatoms. The van der Waals surface area contributed by atoms with E-state index in [0.717, 1.165) is 18.3 Å². The van der Waals surface area contributed by atoms with Crippen LogP contribution in [0.25, 0.3) is 22.0 Å². The molecule has 6 aromatic rings. The van der Waals surface area contributed by atoms with Gasteiger partial charge in [-0.15, -0.1) is 0 Å². The number of rotatable bonds is 7. The second-order valence-electron chi connectivity index (χ2n) is 10.2. The molecule has 0 saturated heterocycles. The van der Waals surface area contributed by atoms with Crippen LogP contribution in [-0.4, -0.2) is 28.7 Å². The molecule has 0 aliphatic carbocycles. The van der Waals surface area contributed by atoms with E-state index in [1.54, 1.807) is 91.0 Å². The van der Waals surface area contributed by atoms with Gasteiger partial charge < -0.3 is 4.18 Å². The molecule has 0 aliphatic heterocycles. The Bertz CT molecular complexity index is 2020. The van der Waals surface area contributed by atoms with Crippen molar-refractivity contribution in [3.63, 3.8) is 0 Å². The summed E-state index contributed by atoms with van der Waals surface area (Å²) in [6, 6.07) is 31.1. The van der Waals surface area contributed by atoms with Gasteiger partial charge in [0.1, 0.15) is 5.54 Å². The van der Waals surface area contributed by atoms with Gasteiger partial charge in [0.05, 0.1) is 5.52 Å². The first-order valence-corrected chi connectivity index (χ1v) is 15.0. The first kappa shape index (κ1) is 30.8. The second-order valence-corrected chi connectivity index (χ2v) is 11.7. The van der Waals surface area contributed by atoms with Crippen molar-refractivity contribution in [2.75, 3.05) is 0 Å². The topological polar surface area (TPSA) is 74.1 Å². The highest BCUT2D eigenvalue weighted by Gasteiger charge is 2.49. The molecule has 2 heterocycles. The highest BCUT2D eigenvalue weighted by Crippen LogP contribution is 2.45. The van der Waals surface area contributed by atoms with Crippen LogP contribution in [0.4, 0.5) is 26.3 Å². The lowest BCUT2D eigenvalue weighted by Crippen LogP contribution is -2.38. The Hall–Kier alpha value is -5.17. The van der Waals surface area contributed by atoms with Gasteiger partial charge in [0, 0.05) is 29.4 Å². The minimum Gasteiger partial charge on any atom is -0.375 e. The maximum absolute atomic E-state index is 14.8. The molecule has 0 fully saturated rings. The second kappa shape index (κ2) is 11.3. The van der Waals surface area contributed by atoms with E-state index < -0.39 is 44.3 Å². The third kappa shape index (κ3) is 5.36. The molecule has 0 unspecified atom stereocenters. The number of aromatic nitrogens is 3. The average Bonchev–Trinajstić information content (AvgIpc) is 3.49. The maximum atomic E-state index is 14.8. The van der Waals surface area contributed by atoms with Gasteiger partial charge in [0.15, 0.2) is 11.4 Å². The highest BCUT2D eigenvalue weighted by molar-refractivity contribution is 7.88. The smallest absolute Gasteiger partial charge is 0.375 e. The summed E-state index contributed by atoms with van der Waals surface area (Å²) in [5, 5.41) is 3.90. The van der Waals surface area contributed by atoms with Gasteiger partial charge in [-0.1, -0.05) is 97.1 Å². The molecular formula is C33H21F6N3O3S. The minimum atomic E-state index is -6.08. The summed E-state index contributed by atoms with van der Waals surface area (Å²) in [6.07, 6.45) is -2.73. The van der Waals surface area contributed by atoms with Crippen LogP contribution in [0.1, 0.15) is 22.4 Å². The van der Waals surface area contributed by atoms with Gasteiger partial charge in [-0.3, -0.25) is 9.67 Å². The summed E-state index contributed by atoms with van der Waals surface area (Å²) in [5.74, 6) is -0.752. The zero-order valence-electron chi connectivity index (χ0n) is 23.4. The number of pyridine rings is 1. The van der Waals surface area contributed by atoms with E-state index in [9.17, 15) is 34.8 Å². The van der Waals surface area contributed by atoms with Crippen molar-refractivity contribution < 1.29 is 38.9 Å². The van der Waals surface area contributed by atoms with Gasteiger partial charge in [0.2, 0.25) is 0 Å². The lowest BCUT2D eigenvalue weighted by Gasteiger charge is -2.36. The summed E-state index contributed by atoms with van der Waals surface area (Å²) in [7, 11) is -6.08. The Balaban J connectivity index is 1.64. The summed E-state index contributed by atoms with van der Waals surface area (Å²) in [4.78, 5) is 4.00. The monoisotopic (exact) mass is 653 g/mol. The first-order chi connectivity index (χ1) is 21.8. The van der Waals surface area contributed by atoms with Crippen molar-refractivity contribution in [1.29, 1.82) is 0 Å². The van der Waals surface area contributed by atoms with Crippen LogP contribution < -0.4 is 4.18 Å². The fraction of sp³-hybridized carbons (Fsp3) is 0.0909. The molecule has 0 bridgehead atoms. The highest BCUT2D eigenvalue weighted by atomic mass is 32.2. The molecule has 234 valence electrons. The van der Waals surface area contributed by atoms with Crippen molar-refractivity contribution in [2.45, 2.75) is 17.2 Å². The van der Waals surface area contributed by atoms with E-state index in [1.807, 2.05) is 0 Å². The quantitative estimate of drug-likeness (QED) is 0.0752. The average molecular weight is 654 g/mol. The number of hydrogen-bond acceptors (Lipinski definition) is 5. The van der Waals surface area contributed by atoms with Crippen molar-refractivity contribution >= 4 is 21.0 Å². The van der Waals surface area contributed by atoms with Crippen LogP contribution in [0, 0.1) is 0 Å². The summed E-state index contributed by atoms with van der Waals surface area (Å²) in [6.45, 7) is 0. The maximum Gasteiger partial charge on any atom is 0.534 e. The fourth-order valence-corrected chi connectivity index (χ4v) is 5.90. The minimum absolute atomic E-state index is 0.00761. The molecule has 6 nitrogen and oxygen atoms in total. The van der Waals surface area contributed by atoms with Crippen LogP contribution in [0.3, 0.4) is 0 Å². The number of nitrogens with zero attached hydrogens (tertiary/aromatic N) is 3. The van der Waals surface area contributed by atoms with Crippen molar-refractivity contribution in [3.05, 3.63) is 150 Å². The largest absolute Gasteiger partial charge is 0.534 e. The molecule has 0 saturated carbocycles. The molecule has 0 atom stereocenters. The number of halogens is 6. The SMILES string of the molecule is O=S(=O)(Oc1ccnc2ccc(-c3cn(C(c4ccccc4)(c4ccccc4)c4ccccc4)nc3C(F)(F)F)cc12)C(F)(F)F. The molecule has 0 amide bonds. The zero-order chi connectivity index (χ0) is 32.7. The molecule has 0 aliphatic rings. The molecule has 2 aromatic heterocycles. The summed E-state index contributed by atoms with van der Waals surface area (Å²) < 4.78 is 113. The van der Waals surface area contributed by atoms with E-state index in [4.69, 9.17) is 0 Å². The summed E-state index contributed by atoms with van der Waals surface area (Å²) >= 11 is 0. The van der Waals surface area contributed by atoms with Gasteiger partial charge in [0.25, 0.3) is 0 Å². The van der Waals surface area contributed by atoms with Gasteiger partial charge >= 0.3 is 21.8 Å². The van der Waals surface area contributed by atoms with E-state index in [2.05, 4.69) is 14.3 Å². The molecule has 6 rings (SSSR count). The number of alkyl halides is 6. The predicted octanol–water partition coefficient (Wildman–Crippen LogP) is 8.19. The lowest BCUT2D eigenvalue weighted by molar-refractivity contribution is -0.141. The van der Waals surface area contributed by atoms with Gasteiger partial charge in [-0.25, -0.2) is 0 Å². The van der Waals surface area contributed by atoms with Crippen molar-refractivity contribution in [1.82, 2.24) is 14.8 Å². The Kier molecular flexibility index (Phi) is 7.59. The van der Waals surface area contributed by atoms with Gasteiger partial charge in [-0.05, 0) is 34.4 Å². The molecule has 46 heavy (non-hydrogen) atoms. The first-order valence-electron chi connectivity index (χ1n) is 13.6. The fourth-order valence-electron chi connectivity index (χ4n) is 5.43. The molecule has 0 radical (unpaired) electrons. The molecular weight excluding hydrogens is 632 g/mol. The third-order valence-electron chi connectivity index (χ3n) is 7.40. The van der Waals surface area contributed by atoms with E-state index in [-0.39, 0.29) is 16.5 Å². The summed E-state index contributed by atoms with van der Waals surface area (Å²) in [5.41, 5.74) is -7.13. The van der Waals surface area contributed by atoms with Crippen LogP contribution >= 0.6 is 0 Å². The number of fused-ring (bicyclic) bond motifs is 1. The van der Waals surface area contributed by atoms with Crippen LogP contribution in [-0.2, 0) is 21.8 Å². The van der Waals surface area contributed by atoms with Crippen LogP contribution in [0.5, 0.6) is 5.75 Å². The van der Waals surface area contributed by atoms with E-state index in [1.165, 1.54) is 23.0 Å². The van der Waals surface area contributed by atoms with Crippen molar-refractivity contribution in [3.8, 4) is 16.9 Å². The molecule has 4 aromatic carbocycles. The third-order valence-corrected chi connectivity index (χ3v) is 8.36. The zero-order valence-corrected chi connectivity index (χ0v) is 24.2. The normalized spacial score (nSPS) is 12.7. The van der Waals surface area contributed by atoms with Gasteiger partial charge in [-0.2, -0.15) is 39.9 Å². The molecule has 0 N–H and O–H groups in total. The Morgan fingerprint density at radius 1 is 0.674 bits per heavy atom. The predicted molar refractivity (Wildman–Crippen MR) is 158 cm³/mol. The number of hydrogen-bond donors (Lipinski definition) is 0. The van der Waals surface area contributed by atoms with E-state index in [0.29, 0.717) is 16.7 Å². The Morgan fingerprint density at radius 3 is 1.67 bits per heavy atom.